The third kappa shape index (κ3) is 4.48. The van der Waals surface area contributed by atoms with Gasteiger partial charge in [0.05, 0.1) is 19.8 Å². The van der Waals surface area contributed by atoms with Gasteiger partial charge in [0.25, 0.3) is 5.91 Å². The summed E-state index contributed by atoms with van der Waals surface area (Å²) in [7, 11) is 0. The lowest BCUT2D eigenvalue weighted by atomic mass is 10.2. The molecule has 0 spiro atoms. The molecular weight excluding hydrogens is 318 g/mol. The fourth-order valence-electron chi connectivity index (χ4n) is 2.77. The summed E-state index contributed by atoms with van der Waals surface area (Å²) in [6.07, 6.45) is 1.78. The van der Waals surface area contributed by atoms with Crippen LogP contribution in [0.5, 0.6) is 5.75 Å². The number of hydrogen-bond donors (Lipinski definition) is 1. The molecule has 2 heterocycles. The summed E-state index contributed by atoms with van der Waals surface area (Å²) >= 11 is 0. The van der Waals surface area contributed by atoms with Crippen LogP contribution in [0.3, 0.4) is 0 Å². The van der Waals surface area contributed by atoms with Crippen LogP contribution < -0.4 is 15.0 Å². The Kier molecular flexibility index (Phi) is 5.85. The fourth-order valence-corrected chi connectivity index (χ4v) is 2.77. The second kappa shape index (κ2) is 8.48. The molecule has 1 aliphatic rings. The predicted molar refractivity (Wildman–Crippen MR) is 96.1 cm³/mol. The van der Waals surface area contributed by atoms with Crippen LogP contribution in [0.2, 0.25) is 0 Å². The van der Waals surface area contributed by atoms with Crippen molar-refractivity contribution in [3.63, 3.8) is 0 Å². The Morgan fingerprint density at radius 1 is 1.24 bits per heavy atom. The molecule has 0 atom stereocenters. The van der Waals surface area contributed by atoms with Crippen LogP contribution in [-0.4, -0.2) is 43.8 Å². The second-order valence-corrected chi connectivity index (χ2v) is 5.73. The summed E-state index contributed by atoms with van der Waals surface area (Å²) in [5, 5.41) is 2.97. The number of ether oxygens (including phenoxy) is 2. The largest absolute Gasteiger partial charge is 0.494 e. The highest BCUT2D eigenvalue weighted by Gasteiger charge is 2.16. The van der Waals surface area contributed by atoms with Crippen LogP contribution in [0.15, 0.2) is 42.6 Å². The quantitative estimate of drug-likeness (QED) is 0.873. The molecule has 1 aromatic carbocycles. The van der Waals surface area contributed by atoms with Gasteiger partial charge in [0.1, 0.15) is 11.6 Å². The van der Waals surface area contributed by atoms with Crippen molar-refractivity contribution in [2.45, 2.75) is 13.5 Å². The van der Waals surface area contributed by atoms with E-state index in [1.165, 1.54) is 0 Å². The monoisotopic (exact) mass is 341 g/mol. The maximum absolute atomic E-state index is 12.4. The molecular formula is C19H23N3O3. The molecule has 0 bridgehead atoms. The topological polar surface area (TPSA) is 63.7 Å². The van der Waals surface area contributed by atoms with E-state index in [2.05, 4.69) is 15.2 Å². The molecule has 0 radical (unpaired) electrons. The number of rotatable bonds is 6. The summed E-state index contributed by atoms with van der Waals surface area (Å²) in [4.78, 5) is 19.1. The normalized spacial score (nSPS) is 14.2. The number of benzene rings is 1. The van der Waals surface area contributed by atoms with Crippen molar-refractivity contribution in [2.24, 2.45) is 0 Å². The molecule has 1 saturated heterocycles. The molecule has 132 valence electrons. The minimum Gasteiger partial charge on any atom is -0.494 e. The van der Waals surface area contributed by atoms with Gasteiger partial charge in [0.15, 0.2) is 0 Å². The van der Waals surface area contributed by atoms with E-state index in [9.17, 15) is 4.79 Å². The number of amides is 1. The minimum absolute atomic E-state index is 0.111. The van der Waals surface area contributed by atoms with E-state index in [1.54, 1.807) is 18.3 Å². The molecule has 0 saturated carbocycles. The van der Waals surface area contributed by atoms with Gasteiger partial charge in [-0.1, -0.05) is 6.07 Å². The first kappa shape index (κ1) is 17.2. The van der Waals surface area contributed by atoms with Gasteiger partial charge in [-0.05, 0) is 37.3 Å². The van der Waals surface area contributed by atoms with Crippen LogP contribution in [0.25, 0.3) is 0 Å². The van der Waals surface area contributed by atoms with Gasteiger partial charge < -0.3 is 19.7 Å². The zero-order valence-electron chi connectivity index (χ0n) is 14.4. The van der Waals surface area contributed by atoms with E-state index in [1.807, 2.05) is 31.2 Å². The van der Waals surface area contributed by atoms with Gasteiger partial charge in [-0.25, -0.2) is 4.98 Å². The van der Waals surface area contributed by atoms with Gasteiger partial charge >= 0.3 is 0 Å². The maximum atomic E-state index is 12.4. The number of anilines is 1. The van der Waals surface area contributed by atoms with Crippen molar-refractivity contribution in [3.8, 4) is 5.75 Å². The third-order valence-electron chi connectivity index (χ3n) is 4.05. The lowest BCUT2D eigenvalue weighted by Gasteiger charge is -2.29. The Bertz CT molecular complexity index is 697. The van der Waals surface area contributed by atoms with Gasteiger partial charge in [0.2, 0.25) is 0 Å². The standard InChI is InChI=1S/C19H23N3O3/c1-2-25-17-7-5-15(6-8-17)19(23)21-14-16-4-3-9-20-18(16)22-10-12-24-13-11-22/h3-9H,2,10-14H2,1H3,(H,21,23). The van der Waals surface area contributed by atoms with Crippen LogP contribution >= 0.6 is 0 Å². The highest BCUT2D eigenvalue weighted by molar-refractivity contribution is 5.94. The lowest BCUT2D eigenvalue weighted by Crippen LogP contribution is -2.37. The SMILES string of the molecule is CCOc1ccc(C(=O)NCc2cccnc2N2CCOCC2)cc1. The third-order valence-corrected chi connectivity index (χ3v) is 4.05. The zero-order valence-corrected chi connectivity index (χ0v) is 14.4. The summed E-state index contributed by atoms with van der Waals surface area (Å²) in [6.45, 7) is 6.01. The maximum Gasteiger partial charge on any atom is 0.251 e. The molecule has 0 unspecified atom stereocenters. The number of nitrogens with zero attached hydrogens (tertiary/aromatic N) is 2. The van der Waals surface area contributed by atoms with E-state index in [0.29, 0.717) is 31.9 Å². The van der Waals surface area contributed by atoms with Gasteiger partial charge in [0, 0.05) is 37.0 Å². The van der Waals surface area contributed by atoms with E-state index in [4.69, 9.17) is 9.47 Å². The van der Waals surface area contributed by atoms with E-state index >= 15 is 0 Å². The van der Waals surface area contributed by atoms with Crippen molar-refractivity contribution in [2.75, 3.05) is 37.8 Å². The van der Waals surface area contributed by atoms with Gasteiger partial charge in [-0.15, -0.1) is 0 Å². The van der Waals surface area contributed by atoms with E-state index in [-0.39, 0.29) is 5.91 Å². The molecule has 1 aliphatic heterocycles. The summed E-state index contributed by atoms with van der Waals surface area (Å²) in [5.74, 6) is 1.57. The average Bonchev–Trinajstić information content (AvgIpc) is 2.68. The molecule has 1 fully saturated rings. The first-order chi connectivity index (χ1) is 12.3. The van der Waals surface area contributed by atoms with Crippen LogP contribution in [0.4, 0.5) is 5.82 Å². The zero-order chi connectivity index (χ0) is 17.5. The highest BCUT2D eigenvalue weighted by Crippen LogP contribution is 2.18. The number of carbonyl (C=O) groups is 1. The second-order valence-electron chi connectivity index (χ2n) is 5.73. The van der Waals surface area contributed by atoms with E-state index in [0.717, 1.165) is 30.2 Å². The molecule has 0 aliphatic carbocycles. The Balaban J connectivity index is 1.64. The first-order valence-electron chi connectivity index (χ1n) is 8.55. The van der Waals surface area contributed by atoms with Crippen molar-refractivity contribution >= 4 is 11.7 Å². The average molecular weight is 341 g/mol. The van der Waals surface area contributed by atoms with Crippen LogP contribution in [-0.2, 0) is 11.3 Å². The number of morpholine rings is 1. The van der Waals surface area contributed by atoms with Crippen molar-refractivity contribution in [1.29, 1.82) is 0 Å². The number of pyridine rings is 1. The smallest absolute Gasteiger partial charge is 0.251 e. The first-order valence-corrected chi connectivity index (χ1v) is 8.55. The summed E-state index contributed by atoms with van der Waals surface area (Å²) < 4.78 is 10.8. The van der Waals surface area contributed by atoms with Crippen molar-refractivity contribution < 1.29 is 14.3 Å². The highest BCUT2D eigenvalue weighted by atomic mass is 16.5. The molecule has 1 N–H and O–H groups in total. The Morgan fingerprint density at radius 2 is 2.00 bits per heavy atom. The van der Waals surface area contributed by atoms with Gasteiger partial charge in [-0.3, -0.25) is 4.79 Å². The number of carbonyl (C=O) groups excluding carboxylic acids is 1. The predicted octanol–water partition coefficient (Wildman–Crippen LogP) is 2.25. The Morgan fingerprint density at radius 3 is 2.72 bits per heavy atom. The molecule has 1 amide bonds. The molecule has 1 aromatic heterocycles. The molecule has 6 nitrogen and oxygen atoms in total. The number of aromatic nitrogens is 1. The number of hydrogen-bond acceptors (Lipinski definition) is 5. The molecule has 25 heavy (non-hydrogen) atoms. The molecule has 3 rings (SSSR count). The summed E-state index contributed by atoms with van der Waals surface area (Å²) in [5.41, 5.74) is 1.61. The van der Waals surface area contributed by atoms with E-state index < -0.39 is 0 Å². The minimum atomic E-state index is -0.111. The Hall–Kier alpha value is -2.60. The van der Waals surface area contributed by atoms with Crippen LogP contribution in [0.1, 0.15) is 22.8 Å². The van der Waals surface area contributed by atoms with Crippen molar-refractivity contribution in [3.05, 3.63) is 53.7 Å². The van der Waals surface area contributed by atoms with Gasteiger partial charge in [-0.2, -0.15) is 0 Å². The Labute approximate surface area is 147 Å². The lowest BCUT2D eigenvalue weighted by molar-refractivity contribution is 0.0950. The van der Waals surface area contributed by atoms with Crippen molar-refractivity contribution in [1.82, 2.24) is 10.3 Å². The van der Waals surface area contributed by atoms with Crippen LogP contribution in [0, 0.1) is 0 Å². The molecule has 2 aromatic rings. The number of nitrogens with one attached hydrogen (secondary N) is 1. The summed E-state index contributed by atoms with van der Waals surface area (Å²) in [6, 6.07) is 11.0. The fraction of sp³-hybridized carbons (Fsp3) is 0.368. The molecule has 6 heteroatoms.